The van der Waals surface area contributed by atoms with Crippen molar-refractivity contribution >= 4 is 33.0 Å². The van der Waals surface area contributed by atoms with E-state index in [1.165, 1.54) is 31.3 Å². The Labute approximate surface area is 268 Å². The first-order valence-electron chi connectivity index (χ1n) is 15.1. The van der Waals surface area contributed by atoms with Crippen LogP contribution in [0.3, 0.4) is 0 Å². The van der Waals surface area contributed by atoms with Crippen molar-refractivity contribution in [1.82, 2.24) is 19.8 Å². The molecule has 2 amide bonds. The van der Waals surface area contributed by atoms with Crippen molar-refractivity contribution < 1.29 is 31.6 Å². The molecule has 0 bridgehead atoms. The lowest BCUT2D eigenvalue weighted by atomic mass is 9.96. The van der Waals surface area contributed by atoms with E-state index in [2.05, 4.69) is 14.9 Å². The molecule has 12 heteroatoms. The van der Waals surface area contributed by atoms with E-state index in [4.69, 9.17) is 9.15 Å². The van der Waals surface area contributed by atoms with E-state index in [9.17, 15) is 22.4 Å². The van der Waals surface area contributed by atoms with E-state index in [0.29, 0.717) is 60.4 Å². The highest BCUT2D eigenvalue weighted by Crippen LogP contribution is 2.38. The van der Waals surface area contributed by atoms with Gasteiger partial charge in [0.25, 0.3) is 5.91 Å². The van der Waals surface area contributed by atoms with Gasteiger partial charge >= 0.3 is 6.09 Å². The molecule has 5 rings (SSSR count). The second-order valence-electron chi connectivity index (χ2n) is 12.2. The summed E-state index contributed by atoms with van der Waals surface area (Å²) in [6.07, 6.45) is -0.345. The largest absolute Gasteiger partial charge is 0.455 e. The lowest BCUT2D eigenvalue weighted by Crippen LogP contribution is -2.51. The first-order valence-corrected chi connectivity index (χ1v) is 16.8. The Balaban J connectivity index is 1.36. The maximum atomic E-state index is 13.7. The molecule has 3 aromatic carbocycles. The summed E-state index contributed by atoms with van der Waals surface area (Å²) in [6, 6.07) is 18.4. The molecule has 46 heavy (non-hydrogen) atoms. The second kappa shape index (κ2) is 13.6. The number of ether oxygens (including phenoxy) is 1. The SMILES string of the molecule is CNC(=O)c1c(-c2ccc(F)cc2)oc2cc(CS(=O)(=O)NCCN3CCN(C(=O)OC(C)(C)C)CC3)c(-c3ccccc3)cc12. The van der Waals surface area contributed by atoms with E-state index in [1.54, 1.807) is 17.0 Å². The monoisotopic (exact) mass is 650 g/mol. The van der Waals surface area contributed by atoms with E-state index >= 15 is 0 Å². The van der Waals surface area contributed by atoms with Crippen LogP contribution < -0.4 is 10.0 Å². The van der Waals surface area contributed by atoms with E-state index < -0.39 is 21.4 Å². The smallest absolute Gasteiger partial charge is 0.410 e. The van der Waals surface area contributed by atoms with Crippen molar-refractivity contribution in [2.24, 2.45) is 0 Å². The number of piperazine rings is 1. The number of benzene rings is 3. The van der Waals surface area contributed by atoms with E-state index in [1.807, 2.05) is 51.1 Å². The number of hydrogen-bond donors (Lipinski definition) is 2. The van der Waals surface area contributed by atoms with Gasteiger partial charge in [-0.1, -0.05) is 30.3 Å². The molecular weight excluding hydrogens is 611 g/mol. The minimum absolute atomic E-state index is 0.202. The molecule has 244 valence electrons. The molecule has 2 heterocycles. The molecule has 0 unspecified atom stereocenters. The maximum absolute atomic E-state index is 13.7. The van der Waals surface area contributed by atoms with Crippen molar-refractivity contribution in [3.05, 3.63) is 83.7 Å². The van der Waals surface area contributed by atoms with Gasteiger partial charge in [0.15, 0.2) is 0 Å². The van der Waals surface area contributed by atoms with Gasteiger partial charge in [-0.2, -0.15) is 0 Å². The van der Waals surface area contributed by atoms with Crippen LogP contribution in [0, 0.1) is 5.82 Å². The summed E-state index contributed by atoms with van der Waals surface area (Å²) in [4.78, 5) is 29.2. The number of amides is 2. The van der Waals surface area contributed by atoms with Crippen LogP contribution in [0.2, 0.25) is 0 Å². The molecule has 1 saturated heterocycles. The Kier molecular flexibility index (Phi) is 9.80. The highest BCUT2D eigenvalue weighted by atomic mass is 32.2. The van der Waals surface area contributed by atoms with Gasteiger partial charge in [0.1, 0.15) is 22.8 Å². The number of rotatable bonds is 9. The first-order chi connectivity index (χ1) is 21.8. The van der Waals surface area contributed by atoms with Crippen molar-refractivity contribution in [1.29, 1.82) is 0 Å². The lowest BCUT2D eigenvalue weighted by molar-refractivity contribution is 0.0147. The average molecular weight is 651 g/mol. The molecule has 4 aromatic rings. The van der Waals surface area contributed by atoms with Crippen LogP contribution in [0.5, 0.6) is 0 Å². The zero-order valence-corrected chi connectivity index (χ0v) is 27.2. The third kappa shape index (κ3) is 7.93. The summed E-state index contributed by atoms with van der Waals surface area (Å²) in [6.45, 7) is 8.40. The number of fused-ring (bicyclic) bond motifs is 1. The predicted molar refractivity (Wildman–Crippen MR) is 175 cm³/mol. The summed E-state index contributed by atoms with van der Waals surface area (Å²) in [5.41, 5.74) is 2.50. The molecule has 0 atom stereocenters. The molecule has 1 aliphatic rings. The third-order valence-corrected chi connectivity index (χ3v) is 9.01. The highest BCUT2D eigenvalue weighted by Gasteiger charge is 2.27. The van der Waals surface area contributed by atoms with Crippen molar-refractivity contribution in [3.63, 3.8) is 0 Å². The summed E-state index contributed by atoms with van der Waals surface area (Å²) in [7, 11) is -2.27. The van der Waals surface area contributed by atoms with Crippen molar-refractivity contribution in [2.45, 2.75) is 32.1 Å². The van der Waals surface area contributed by atoms with Gasteiger partial charge in [0, 0.05) is 57.3 Å². The minimum atomic E-state index is -3.78. The van der Waals surface area contributed by atoms with Crippen LogP contribution in [0.1, 0.15) is 36.7 Å². The van der Waals surface area contributed by atoms with Gasteiger partial charge in [0.2, 0.25) is 10.0 Å². The zero-order chi connectivity index (χ0) is 33.1. The Hall–Kier alpha value is -4.26. The molecule has 2 N–H and O–H groups in total. The molecule has 1 aliphatic heterocycles. The number of furan rings is 1. The number of halogens is 1. The summed E-state index contributed by atoms with van der Waals surface area (Å²) < 4.78 is 54.8. The number of hydrogen-bond acceptors (Lipinski definition) is 7. The second-order valence-corrected chi connectivity index (χ2v) is 14.0. The van der Waals surface area contributed by atoms with Crippen LogP contribution in [0.15, 0.2) is 71.1 Å². The average Bonchev–Trinajstić information content (AvgIpc) is 3.38. The number of nitrogens with one attached hydrogen (secondary N) is 2. The fraction of sp³-hybridized carbons (Fsp3) is 0.353. The Morgan fingerprint density at radius 3 is 2.26 bits per heavy atom. The predicted octanol–water partition coefficient (Wildman–Crippen LogP) is 5.24. The molecule has 10 nitrogen and oxygen atoms in total. The van der Waals surface area contributed by atoms with Gasteiger partial charge < -0.3 is 19.4 Å². The van der Waals surface area contributed by atoms with Gasteiger partial charge in [-0.15, -0.1) is 0 Å². The van der Waals surface area contributed by atoms with E-state index in [0.717, 1.165) is 5.56 Å². The molecule has 1 fully saturated rings. The standard InChI is InChI=1S/C34H39FN4O6S/c1-34(2,3)45-33(41)39-18-16-38(17-19-39)15-14-37-46(42,43)22-25-20-29-28(21-27(25)23-8-6-5-7-9-23)30(32(40)36-4)31(44-29)24-10-12-26(35)13-11-24/h5-13,20-21,37H,14-19,22H2,1-4H3,(H,36,40). The Morgan fingerprint density at radius 1 is 0.957 bits per heavy atom. The van der Waals surface area contributed by atoms with Gasteiger partial charge in [-0.05, 0) is 73.9 Å². The van der Waals surface area contributed by atoms with Gasteiger partial charge in [0.05, 0.1) is 11.3 Å². The number of carbonyl (C=O) groups excluding carboxylic acids is 2. The quantitative estimate of drug-likeness (QED) is 0.254. The fourth-order valence-corrected chi connectivity index (χ4v) is 6.59. The first kappa shape index (κ1) is 33.1. The van der Waals surface area contributed by atoms with E-state index in [-0.39, 0.29) is 35.6 Å². The molecule has 0 aliphatic carbocycles. The maximum Gasteiger partial charge on any atom is 0.410 e. The number of nitrogens with zero attached hydrogens (tertiary/aromatic N) is 2. The topological polar surface area (TPSA) is 121 Å². The Morgan fingerprint density at radius 2 is 1.63 bits per heavy atom. The van der Waals surface area contributed by atoms with Gasteiger partial charge in [-0.3, -0.25) is 9.69 Å². The molecule has 1 aromatic heterocycles. The fourth-order valence-electron chi connectivity index (χ4n) is 5.44. The molecule has 0 saturated carbocycles. The minimum Gasteiger partial charge on any atom is -0.455 e. The van der Waals surface area contributed by atoms with Gasteiger partial charge in [-0.25, -0.2) is 22.3 Å². The van der Waals surface area contributed by atoms with Crippen LogP contribution in [-0.4, -0.2) is 82.1 Å². The summed E-state index contributed by atoms with van der Waals surface area (Å²) >= 11 is 0. The molecular formula is C34H39FN4O6S. The number of sulfonamides is 1. The third-order valence-electron chi connectivity index (χ3n) is 7.68. The lowest BCUT2D eigenvalue weighted by Gasteiger charge is -2.35. The van der Waals surface area contributed by atoms with Crippen LogP contribution >= 0.6 is 0 Å². The van der Waals surface area contributed by atoms with Crippen LogP contribution in [-0.2, 0) is 20.5 Å². The molecule has 0 radical (unpaired) electrons. The number of carbonyl (C=O) groups is 2. The van der Waals surface area contributed by atoms with Crippen molar-refractivity contribution in [2.75, 3.05) is 46.3 Å². The summed E-state index contributed by atoms with van der Waals surface area (Å²) in [5, 5.41) is 3.16. The highest BCUT2D eigenvalue weighted by molar-refractivity contribution is 7.88. The molecule has 0 spiro atoms. The summed E-state index contributed by atoms with van der Waals surface area (Å²) in [5.74, 6) is -0.860. The Bertz CT molecular complexity index is 1810. The van der Waals surface area contributed by atoms with Crippen LogP contribution in [0.25, 0.3) is 33.4 Å². The zero-order valence-electron chi connectivity index (χ0n) is 26.4. The van der Waals surface area contributed by atoms with Crippen LogP contribution in [0.4, 0.5) is 9.18 Å². The van der Waals surface area contributed by atoms with Crippen molar-refractivity contribution in [3.8, 4) is 22.5 Å². The normalized spacial score (nSPS) is 14.4.